The number of H-pyrrole nitrogens is 1. The molecule has 1 amide bonds. The van der Waals surface area contributed by atoms with E-state index in [-0.39, 0.29) is 0 Å². The number of rotatable bonds is 3. The lowest BCUT2D eigenvalue weighted by Gasteiger charge is -2.16. The smallest absolute Gasteiger partial charge is 0.261 e. The molecule has 3 N–H and O–H groups in total. The van der Waals surface area contributed by atoms with Crippen molar-refractivity contribution in [3.8, 4) is 0 Å². The van der Waals surface area contributed by atoms with Gasteiger partial charge in [0.2, 0.25) is 11.4 Å². The Bertz CT molecular complexity index is 1020. The van der Waals surface area contributed by atoms with Gasteiger partial charge in [-0.1, -0.05) is 23.7 Å². The van der Waals surface area contributed by atoms with Gasteiger partial charge in [0.05, 0.1) is 16.0 Å². The number of primary amides is 1. The van der Waals surface area contributed by atoms with Crippen LogP contribution in [0.25, 0.3) is 11.0 Å². The Kier molecular flexibility index (Phi) is 3.02. The second-order valence-electron chi connectivity index (χ2n) is 5.18. The number of benzene rings is 1. The highest BCUT2D eigenvalue weighted by atomic mass is 35.5. The van der Waals surface area contributed by atoms with Crippen molar-refractivity contribution in [2.45, 2.75) is 0 Å². The molecule has 5 nitrogen and oxygen atoms in total. The number of carbonyl (C=O) groups is 1. The number of amides is 1. The van der Waals surface area contributed by atoms with Gasteiger partial charge in [0.1, 0.15) is 5.65 Å². The Labute approximate surface area is 136 Å². The van der Waals surface area contributed by atoms with Crippen LogP contribution in [-0.4, -0.2) is 26.2 Å². The third kappa shape index (κ3) is 2.05. The molecule has 112 valence electrons. The molecule has 1 aliphatic rings. The maximum absolute atomic E-state index is 11.7. The summed E-state index contributed by atoms with van der Waals surface area (Å²) in [5, 5.41) is 1.52. The van der Waals surface area contributed by atoms with Crippen LogP contribution in [0.5, 0.6) is 0 Å². The number of nitrogens with two attached hydrogens (primary N) is 1. The molecule has 1 aromatic carbocycles. The van der Waals surface area contributed by atoms with Crippen molar-refractivity contribution in [2.24, 2.45) is 5.73 Å². The average molecular weight is 324 g/mol. The first-order valence-electron chi connectivity index (χ1n) is 7.02. The summed E-state index contributed by atoms with van der Waals surface area (Å²) >= 11 is 6.31. The fourth-order valence-corrected chi connectivity index (χ4v) is 3.00. The molecule has 0 bridgehead atoms. The third-order valence-electron chi connectivity index (χ3n) is 3.85. The van der Waals surface area contributed by atoms with Gasteiger partial charge >= 0.3 is 0 Å². The number of fused-ring (bicyclic) bond motifs is 1. The summed E-state index contributed by atoms with van der Waals surface area (Å²) in [7, 11) is 0. The number of aromatic amines is 1. The van der Waals surface area contributed by atoms with Crippen LogP contribution in [-0.2, 0) is 4.79 Å². The number of pyridine rings is 1. The van der Waals surface area contributed by atoms with Gasteiger partial charge in [0.15, 0.2) is 11.8 Å². The van der Waals surface area contributed by atoms with Crippen molar-refractivity contribution >= 4 is 39.9 Å². The average Bonchev–Trinajstić information content (AvgIpc) is 2.97. The van der Waals surface area contributed by atoms with E-state index in [2.05, 4.69) is 9.97 Å². The molecule has 0 unspecified atom stereocenters. The molecular weight excluding hydrogens is 312 g/mol. The number of aromatic nitrogens is 2. The molecule has 0 saturated heterocycles. The van der Waals surface area contributed by atoms with E-state index >= 15 is 0 Å². The van der Waals surface area contributed by atoms with E-state index in [0.29, 0.717) is 16.3 Å². The van der Waals surface area contributed by atoms with E-state index in [1.54, 1.807) is 18.5 Å². The second-order valence-corrected chi connectivity index (χ2v) is 5.58. The van der Waals surface area contributed by atoms with E-state index in [0.717, 1.165) is 22.3 Å². The van der Waals surface area contributed by atoms with Gasteiger partial charge in [-0.2, -0.15) is 4.58 Å². The summed E-state index contributed by atoms with van der Waals surface area (Å²) in [4.78, 5) is 19.1. The van der Waals surface area contributed by atoms with Crippen LogP contribution in [0, 0.1) is 0 Å². The lowest BCUT2D eigenvalue weighted by Crippen LogP contribution is -2.34. The molecule has 3 aromatic rings. The van der Waals surface area contributed by atoms with Gasteiger partial charge in [-0.15, -0.1) is 0 Å². The van der Waals surface area contributed by atoms with Crippen LogP contribution in [0.1, 0.15) is 5.56 Å². The summed E-state index contributed by atoms with van der Waals surface area (Å²) in [6.07, 6.45) is 5.27. The second kappa shape index (κ2) is 5.07. The predicted molar refractivity (Wildman–Crippen MR) is 88.9 cm³/mol. The predicted octanol–water partition coefficient (Wildman–Crippen LogP) is 2.73. The zero-order valence-corrected chi connectivity index (χ0v) is 12.7. The maximum atomic E-state index is 11.7. The van der Waals surface area contributed by atoms with Crippen LogP contribution < -0.4 is 5.73 Å². The highest BCUT2D eigenvalue weighted by Gasteiger charge is 2.38. The Hall–Kier alpha value is -2.92. The topological polar surface area (TPSA) is 74.8 Å². The Morgan fingerprint density at radius 2 is 2.04 bits per heavy atom. The van der Waals surface area contributed by atoms with E-state index in [4.69, 9.17) is 17.3 Å². The third-order valence-corrected chi connectivity index (χ3v) is 4.17. The maximum Gasteiger partial charge on any atom is 0.261 e. The Balaban J connectivity index is 1.97. The molecule has 4 rings (SSSR count). The van der Waals surface area contributed by atoms with Gasteiger partial charge < -0.3 is 10.7 Å². The number of hydrogen-bond donors (Lipinski definition) is 2. The monoisotopic (exact) mass is 323 g/mol. The first-order chi connectivity index (χ1) is 11.2. The van der Waals surface area contributed by atoms with E-state index in [1.807, 2.05) is 41.1 Å². The van der Waals surface area contributed by atoms with Crippen LogP contribution in [0.2, 0.25) is 5.02 Å². The fraction of sp³-hybridized carbons (Fsp3) is 0. The Morgan fingerprint density at radius 1 is 1.22 bits per heavy atom. The normalized spacial score (nSPS) is 13.9. The molecule has 1 aliphatic heterocycles. The number of carbonyl (C=O) groups excluding carboxylic acids is 1. The Morgan fingerprint density at radius 3 is 2.83 bits per heavy atom. The highest BCUT2D eigenvalue weighted by molar-refractivity contribution is 6.38. The van der Waals surface area contributed by atoms with Gasteiger partial charge in [-0.3, -0.25) is 4.79 Å². The highest BCUT2D eigenvalue weighted by Crippen LogP contribution is 2.32. The minimum atomic E-state index is -0.476. The van der Waals surface area contributed by atoms with Crippen LogP contribution in [0.15, 0.2) is 60.6 Å². The van der Waals surface area contributed by atoms with Crippen molar-refractivity contribution in [3.05, 3.63) is 71.2 Å². The standard InChI is InChI=1S/C17H11ClN4O/c18-13-4-2-1-3-10(13)15-12(16(19)23)9-22(15)14-6-8-21-17-11(14)5-7-20-17/h1-9H,(H2-,19,20,21,23)/p+1. The number of hydrogen-bond acceptors (Lipinski definition) is 2. The van der Waals surface area contributed by atoms with Crippen molar-refractivity contribution in [2.75, 3.05) is 0 Å². The largest absolute Gasteiger partial charge is 0.365 e. The minimum Gasteiger partial charge on any atom is -0.365 e. The quantitative estimate of drug-likeness (QED) is 0.727. The van der Waals surface area contributed by atoms with Crippen molar-refractivity contribution < 1.29 is 9.37 Å². The first kappa shape index (κ1) is 13.7. The lowest BCUT2D eigenvalue weighted by molar-refractivity contribution is -0.370. The lowest BCUT2D eigenvalue weighted by atomic mass is 9.97. The van der Waals surface area contributed by atoms with Crippen molar-refractivity contribution in [1.29, 1.82) is 0 Å². The molecule has 2 aromatic heterocycles. The molecular formula is C17H12ClN4O+. The summed E-state index contributed by atoms with van der Waals surface area (Å²) in [5.74, 6) is -0.476. The summed E-state index contributed by atoms with van der Waals surface area (Å²) in [5.41, 5.74) is 9.12. The number of nitrogens with zero attached hydrogens (tertiary/aromatic N) is 2. The fourth-order valence-electron chi connectivity index (χ4n) is 2.77. The molecule has 3 heterocycles. The minimum absolute atomic E-state index is 0.457. The number of nitrogens with one attached hydrogen (secondary N) is 1. The van der Waals surface area contributed by atoms with Gasteiger partial charge in [0.25, 0.3) is 5.91 Å². The number of halogens is 1. The summed E-state index contributed by atoms with van der Waals surface area (Å²) in [6.45, 7) is 0. The van der Waals surface area contributed by atoms with E-state index < -0.39 is 5.91 Å². The summed E-state index contributed by atoms with van der Waals surface area (Å²) < 4.78 is 1.92. The van der Waals surface area contributed by atoms with E-state index in [9.17, 15) is 4.79 Å². The molecule has 0 aliphatic carbocycles. The molecule has 0 radical (unpaired) electrons. The van der Waals surface area contributed by atoms with Gasteiger partial charge in [0, 0.05) is 18.5 Å². The molecule has 0 spiro atoms. The van der Waals surface area contributed by atoms with Gasteiger partial charge in [-0.05, 0) is 18.2 Å². The first-order valence-corrected chi connectivity index (χ1v) is 7.40. The molecule has 6 heteroatoms. The zero-order chi connectivity index (χ0) is 16.0. The van der Waals surface area contributed by atoms with E-state index in [1.165, 1.54) is 0 Å². The zero-order valence-electron chi connectivity index (χ0n) is 12.0. The van der Waals surface area contributed by atoms with Crippen molar-refractivity contribution in [3.63, 3.8) is 0 Å². The molecule has 0 atom stereocenters. The van der Waals surface area contributed by atoms with Crippen LogP contribution in [0.3, 0.4) is 0 Å². The van der Waals surface area contributed by atoms with Gasteiger partial charge in [-0.25, -0.2) is 4.98 Å². The summed E-state index contributed by atoms with van der Waals surface area (Å²) in [6, 6.07) is 11.2. The van der Waals surface area contributed by atoms with Crippen molar-refractivity contribution in [1.82, 2.24) is 9.97 Å². The molecule has 0 saturated carbocycles. The molecule has 23 heavy (non-hydrogen) atoms. The SMILES string of the molecule is NC(=O)C1=C[N+](c2ccnc3[nH]ccc23)=C1c1ccccc1Cl. The molecule has 0 fully saturated rings. The van der Waals surface area contributed by atoms with Crippen LogP contribution in [0.4, 0.5) is 5.69 Å². The van der Waals surface area contributed by atoms with Crippen LogP contribution >= 0.6 is 11.6 Å².